The lowest BCUT2D eigenvalue weighted by atomic mass is 10.1. The molecule has 0 spiro atoms. The predicted molar refractivity (Wildman–Crippen MR) is 153 cm³/mol. The van der Waals surface area contributed by atoms with Crippen molar-refractivity contribution in [2.75, 3.05) is 26.4 Å². The molecule has 1 heterocycles. The minimum Gasteiger partial charge on any atom is -0.406 e. The Morgan fingerprint density at radius 2 is 1.22 bits per heavy atom. The minimum absolute atomic E-state index is 0.222. The van der Waals surface area contributed by atoms with E-state index < -0.39 is 6.72 Å². The van der Waals surface area contributed by atoms with Crippen LogP contribution in [0.3, 0.4) is 0 Å². The summed E-state index contributed by atoms with van der Waals surface area (Å²) in [6.07, 6.45) is 0. The summed E-state index contributed by atoms with van der Waals surface area (Å²) in [5.74, 6) is 1.37. The van der Waals surface area contributed by atoms with Gasteiger partial charge in [-0.1, -0.05) is 74.5 Å². The van der Waals surface area contributed by atoms with Crippen molar-refractivity contribution in [3.8, 4) is 17.0 Å². The Morgan fingerprint density at radius 3 is 1.58 bits per heavy atom. The summed E-state index contributed by atoms with van der Waals surface area (Å²) in [6.45, 7) is 13.4. The topological polar surface area (TPSA) is 62.7 Å². The van der Waals surface area contributed by atoms with Crippen molar-refractivity contribution >= 4 is 18.5 Å². The van der Waals surface area contributed by atoms with E-state index in [9.17, 15) is 0 Å². The van der Waals surface area contributed by atoms with Gasteiger partial charge in [-0.05, 0) is 45.7 Å². The van der Waals surface area contributed by atoms with Gasteiger partial charge in [0.1, 0.15) is 5.82 Å². The summed E-state index contributed by atoms with van der Waals surface area (Å²) in [7, 11) is 0. The van der Waals surface area contributed by atoms with E-state index in [1.807, 2.05) is 60.6 Å². The second-order valence-corrected chi connectivity index (χ2v) is 10.7. The van der Waals surface area contributed by atoms with E-state index in [1.54, 1.807) is 6.07 Å². The van der Waals surface area contributed by atoms with Crippen LogP contribution in [0.25, 0.3) is 11.1 Å². The molecule has 0 radical (unpaired) electrons. The van der Waals surface area contributed by atoms with Crippen molar-refractivity contribution in [1.82, 2.24) is 9.97 Å². The summed E-state index contributed by atoms with van der Waals surface area (Å²) in [5, 5.41) is 0. The smallest absolute Gasteiger partial charge is 0.381 e. The Bertz CT molecular complexity index is 971. The van der Waals surface area contributed by atoms with Crippen molar-refractivity contribution in [2.24, 2.45) is 0 Å². The molecule has 0 atom stereocenters. The lowest BCUT2D eigenvalue weighted by Crippen LogP contribution is -2.06. The zero-order valence-corrected chi connectivity index (χ0v) is 24.4. The van der Waals surface area contributed by atoms with Crippen LogP contribution >= 0.6 is 6.72 Å². The molecule has 2 aromatic carbocycles. The molecule has 3 rings (SSSR count). The van der Waals surface area contributed by atoms with Gasteiger partial charge in [-0.25, -0.2) is 4.98 Å². The lowest BCUT2D eigenvalue weighted by molar-refractivity contribution is 0.162. The van der Waals surface area contributed by atoms with Crippen molar-refractivity contribution in [3.05, 3.63) is 78.2 Å². The highest BCUT2D eigenvalue weighted by molar-refractivity contribution is 8.07. The van der Waals surface area contributed by atoms with Gasteiger partial charge in [0.05, 0.1) is 13.2 Å². The Hall–Kier alpha value is -2.15. The Kier molecular flexibility index (Phi) is 16.1. The number of hydrogen-bond acceptors (Lipinski definition) is 7. The first kappa shape index (κ1) is 31.9. The monoisotopic (exact) mass is 532 g/mol. The summed E-state index contributed by atoms with van der Waals surface area (Å²) in [6, 6.07) is 22.5. The van der Waals surface area contributed by atoms with E-state index in [-0.39, 0.29) is 5.92 Å². The minimum atomic E-state index is -2.77. The largest absolute Gasteiger partial charge is 0.406 e. The predicted octanol–water partition coefficient (Wildman–Crippen LogP) is 7.98. The number of aryl methyl sites for hydroxylation is 1. The third-order valence-electron chi connectivity index (χ3n) is 4.43. The third kappa shape index (κ3) is 12.7. The van der Waals surface area contributed by atoms with E-state index in [0.29, 0.717) is 19.1 Å². The van der Waals surface area contributed by atoms with Crippen LogP contribution in [0.5, 0.6) is 5.88 Å². The molecule has 6 nitrogen and oxygen atoms in total. The molecule has 0 saturated heterocycles. The van der Waals surface area contributed by atoms with E-state index in [1.165, 1.54) is 11.1 Å². The highest BCUT2D eigenvalue weighted by atomic mass is 32.5. The van der Waals surface area contributed by atoms with Crippen LogP contribution in [0, 0.1) is 6.92 Å². The third-order valence-corrected chi connectivity index (χ3v) is 6.85. The van der Waals surface area contributed by atoms with Gasteiger partial charge in [0.15, 0.2) is 0 Å². The van der Waals surface area contributed by atoms with Crippen molar-refractivity contribution in [3.63, 3.8) is 0 Å². The van der Waals surface area contributed by atoms with Gasteiger partial charge in [-0.3, -0.25) is 9.05 Å². The normalized spacial score (nSPS) is 10.7. The molecule has 0 N–H and O–H groups in total. The molecule has 1 aromatic heterocycles. The van der Waals surface area contributed by atoms with Gasteiger partial charge >= 0.3 is 6.72 Å². The Balaban J connectivity index is 0.000000322. The number of benzene rings is 2. The number of rotatable bonds is 10. The average Bonchev–Trinajstić information content (AvgIpc) is 2.86. The first-order chi connectivity index (χ1) is 17.3. The van der Waals surface area contributed by atoms with E-state index in [4.69, 9.17) is 30.1 Å². The molecular formula is C28H41N2O4PS. The van der Waals surface area contributed by atoms with Gasteiger partial charge in [-0.2, -0.15) is 4.98 Å². The molecule has 0 aliphatic heterocycles. The van der Waals surface area contributed by atoms with E-state index in [2.05, 4.69) is 58.5 Å². The Labute approximate surface area is 222 Å². The van der Waals surface area contributed by atoms with Crippen molar-refractivity contribution in [2.45, 2.75) is 54.4 Å². The average molecular weight is 533 g/mol. The quantitative estimate of drug-likeness (QED) is 0.245. The number of ether oxygens (including phenoxy) is 1. The van der Waals surface area contributed by atoms with Crippen LogP contribution in [-0.4, -0.2) is 36.4 Å². The molecule has 3 aromatic rings. The number of nitrogens with zero attached hydrogens (tertiary/aromatic N) is 2. The van der Waals surface area contributed by atoms with Crippen molar-refractivity contribution < 1.29 is 18.3 Å². The second kappa shape index (κ2) is 18.1. The summed E-state index contributed by atoms with van der Waals surface area (Å²) >= 11 is 5.32. The molecule has 0 aliphatic carbocycles. The summed E-state index contributed by atoms with van der Waals surface area (Å²) < 4.78 is 21.4. The molecule has 0 fully saturated rings. The fourth-order valence-corrected chi connectivity index (χ4v) is 4.85. The maximum absolute atomic E-state index is 5.68. The maximum atomic E-state index is 5.68. The second-order valence-electron chi connectivity index (χ2n) is 7.75. The highest BCUT2D eigenvalue weighted by Gasteiger charge is 2.22. The van der Waals surface area contributed by atoms with Crippen molar-refractivity contribution in [1.29, 1.82) is 0 Å². The summed E-state index contributed by atoms with van der Waals surface area (Å²) in [5.41, 5.74) is 3.39. The first-order valence-corrected chi connectivity index (χ1v) is 15.0. The fraction of sp³-hybridized carbons (Fsp3) is 0.429. The van der Waals surface area contributed by atoms with Crippen LogP contribution in [0.1, 0.15) is 59.0 Å². The molecule has 0 unspecified atom stereocenters. The molecule has 0 aliphatic rings. The molecular weight excluding hydrogens is 491 g/mol. The van der Waals surface area contributed by atoms with Gasteiger partial charge in [-0.15, -0.1) is 0 Å². The molecule has 8 heteroatoms. The standard InChI is InChI=1S/C12H21N2O3PS.C12H10.C4H10O/c1-6-15-18(19,16-7-2)17-11-8-10(5)13-12(14-11)9(3)4;1-3-7-11(8-4-1)12-9-5-2-6-10-12;1-3-5-4-2/h8-9H,6-7H2,1-5H3;1-10H;3-4H2,1-2H3. The molecule has 36 heavy (non-hydrogen) atoms. The highest BCUT2D eigenvalue weighted by Crippen LogP contribution is 2.49. The molecule has 198 valence electrons. The fourth-order valence-electron chi connectivity index (χ4n) is 2.85. The first-order valence-electron chi connectivity index (χ1n) is 12.4. The van der Waals surface area contributed by atoms with Crippen LogP contribution in [0.2, 0.25) is 0 Å². The Morgan fingerprint density at radius 1 is 0.750 bits per heavy atom. The number of hydrogen-bond donors (Lipinski definition) is 0. The summed E-state index contributed by atoms with van der Waals surface area (Å²) in [4.78, 5) is 8.71. The van der Waals surface area contributed by atoms with Crippen LogP contribution < -0.4 is 4.52 Å². The van der Waals surface area contributed by atoms with Gasteiger partial charge in [0.25, 0.3) is 0 Å². The zero-order chi connectivity index (χ0) is 26.8. The van der Waals surface area contributed by atoms with Crippen LogP contribution in [-0.2, 0) is 25.6 Å². The maximum Gasteiger partial charge on any atom is 0.381 e. The lowest BCUT2D eigenvalue weighted by Gasteiger charge is -2.20. The zero-order valence-electron chi connectivity index (χ0n) is 22.6. The van der Waals surface area contributed by atoms with Crippen LogP contribution in [0.15, 0.2) is 66.7 Å². The number of aromatic nitrogens is 2. The van der Waals surface area contributed by atoms with Crippen LogP contribution in [0.4, 0.5) is 0 Å². The van der Waals surface area contributed by atoms with Gasteiger partial charge in [0, 0.05) is 42.7 Å². The van der Waals surface area contributed by atoms with Gasteiger partial charge in [0.2, 0.25) is 5.88 Å². The SMILES string of the molecule is CCOCC.CCOP(=S)(OCC)Oc1cc(C)nc(C(C)C)n1.c1ccc(-c2ccccc2)cc1. The molecule has 0 saturated carbocycles. The van der Waals surface area contributed by atoms with E-state index >= 15 is 0 Å². The van der Waals surface area contributed by atoms with Gasteiger partial charge < -0.3 is 9.26 Å². The van der Waals surface area contributed by atoms with E-state index in [0.717, 1.165) is 24.7 Å². The molecule has 0 bridgehead atoms. The molecule has 0 amide bonds.